The van der Waals surface area contributed by atoms with Gasteiger partial charge in [0.25, 0.3) is 5.91 Å². The number of aromatic nitrogens is 2. The predicted octanol–water partition coefficient (Wildman–Crippen LogP) is -0.454. The molecule has 0 spiro atoms. The van der Waals surface area contributed by atoms with Crippen molar-refractivity contribution >= 4 is 17.7 Å². The summed E-state index contributed by atoms with van der Waals surface area (Å²) in [6, 6.07) is -0.662. The average molecular weight is 319 g/mol. The molecule has 1 aliphatic rings. The van der Waals surface area contributed by atoms with Crippen LogP contribution in [0.2, 0.25) is 0 Å². The zero-order valence-corrected chi connectivity index (χ0v) is 13.8. The molecule has 2 rings (SSSR count). The fraction of sp³-hybridized carbons (Fsp3) is 0.533. The molecule has 0 N–H and O–H groups in total. The molecule has 8 nitrogen and oxygen atoms in total. The number of rotatable bonds is 2. The fourth-order valence-corrected chi connectivity index (χ4v) is 2.62. The van der Waals surface area contributed by atoms with E-state index in [1.54, 1.807) is 25.9 Å². The van der Waals surface area contributed by atoms with Gasteiger partial charge < -0.3 is 14.7 Å². The number of aryl methyl sites for hydroxylation is 1. The van der Waals surface area contributed by atoms with Gasteiger partial charge in [0.1, 0.15) is 12.4 Å². The maximum Gasteiger partial charge on any atom is 0.257 e. The van der Waals surface area contributed by atoms with E-state index in [-0.39, 0.29) is 24.3 Å². The van der Waals surface area contributed by atoms with Crippen LogP contribution in [0.25, 0.3) is 0 Å². The molecule has 1 fully saturated rings. The van der Waals surface area contributed by atoms with Crippen molar-refractivity contribution in [3.05, 3.63) is 23.8 Å². The Morgan fingerprint density at radius 1 is 1.26 bits per heavy atom. The van der Waals surface area contributed by atoms with Crippen LogP contribution in [0.5, 0.6) is 0 Å². The Labute approximate surface area is 135 Å². The molecule has 0 aliphatic carbocycles. The van der Waals surface area contributed by atoms with E-state index in [2.05, 4.69) is 9.97 Å². The summed E-state index contributed by atoms with van der Waals surface area (Å²) in [5.41, 5.74) is 1.01. The molecular weight excluding hydrogens is 298 g/mol. The van der Waals surface area contributed by atoms with Gasteiger partial charge in [-0.05, 0) is 6.92 Å². The zero-order chi connectivity index (χ0) is 17.1. The average Bonchev–Trinajstić information content (AvgIpc) is 2.53. The van der Waals surface area contributed by atoms with Crippen molar-refractivity contribution in [2.45, 2.75) is 19.9 Å². The molecule has 0 bridgehead atoms. The van der Waals surface area contributed by atoms with E-state index in [1.807, 2.05) is 0 Å². The summed E-state index contributed by atoms with van der Waals surface area (Å²) in [5, 5.41) is 0. The summed E-state index contributed by atoms with van der Waals surface area (Å²) < 4.78 is 0. The van der Waals surface area contributed by atoms with E-state index in [0.717, 1.165) is 0 Å². The van der Waals surface area contributed by atoms with Gasteiger partial charge in [-0.1, -0.05) is 0 Å². The smallest absolute Gasteiger partial charge is 0.257 e. The van der Waals surface area contributed by atoms with Gasteiger partial charge in [0, 0.05) is 40.3 Å². The fourth-order valence-electron chi connectivity index (χ4n) is 2.62. The summed E-state index contributed by atoms with van der Waals surface area (Å²) in [5.74, 6) is -0.585. The van der Waals surface area contributed by atoms with Gasteiger partial charge in [-0.15, -0.1) is 0 Å². The number of piperazine rings is 1. The van der Waals surface area contributed by atoms with Gasteiger partial charge in [0.15, 0.2) is 0 Å². The van der Waals surface area contributed by atoms with Gasteiger partial charge in [-0.3, -0.25) is 14.4 Å². The van der Waals surface area contributed by atoms with Gasteiger partial charge in [0.2, 0.25) is 11.8 Å². The van der Waals surface area contributed by atoms with Crippen LogP contribution in [-0.4, -0.2) is 82.2 Å². The van der Waals surface area contributed by atoms with Crippen molar-refractivity contribution in [2.24, 2.45) is 0 Å². The molecule has 1 unspecified atom stereocenters. The molecule has 1 aromatic rings. The standard InChI is InChI=1S/C15H21N5O3/c1-10-12(7-16-9-17-10)14(22)19-5-6-20(11(2)21)13(8-19)15(23)18(3)4/h7,9,13H,5-6,8H2,1-4H3. The van der Waals surface area contributed by atoms with Crippen molar-refractivity contribution in [1.29, 1.82) is 0 Å². The lowest BCUT2D eigenvalue weighted by Crippen LogP contribution is -2.61. The molecule has 2 heterocycles. The summed E-state index contributed by atoms with van der Waals surface area (Å²) in [7, 11) is 3.27. The monoisotopic (exact) mass is 319 g/mol. The third-order valence-corrected chi connectivity index (χ3v) is 3.94. The summed E-state index contributed by atoms with van der Waals surface area (Å²) in [6.45, 7) is 4.05. The number of likely N-dealkylation sites (N-methyl/N-ethyl adjacent to an activating group) is 1. The van der Waals surface area contributed by atoms with Gasteiger partial charge >= 0.3 is 0 Å². The van der Waals surface area contributed by atoms with Crippen molar-refractivity contribution < 1.29 is 14.4 Å². The van der Waals surface area contributed by atoms with Crippen LogP contribution in [0.1, 0.15) is 23.0 Å². The Morgan fingerprint density at radius 2 is 1.96 bits per heavy atom. The topological polar surface area (TPSA) is 86.7 Å². The number of carbonyl (C=O) groups excluding carboxylic acids is 3. The van der Waals surface area contributed by atoms with Gasteiger partial charge in [0.05, 0.1) is 17.8 Å². The summed E-state index contributed by atoms with van der Waals surface area (Å²) in [6.07, 6.45) is 2.86. The number of nitrogens with zero attached hydrogens (tertiary/aromatic N) is 5. The predicted molar refractivity (Wildman–Crippen MR) is 82.5 cm³/mol. The third kappa shape index (κ3) is 3.46. The van der Waals surface area contributed by atoms with Crippen LogP contribution < -0.4 is 0 Å². The second-order valence-electron chi connectivity index (χ2n) is 5.73. The minimum atomic E-state index is -0.662. The van der Waals surface area contributed by atoms with Gasteiger partial charge in [-0.25, -0.2) is 9.97 Å². The lowest BCUT2D eigenvalue weighted by atomic mass is 10.1. The maximum atomic E-state index is 12.7. The van der Waals surface area contributed by atoms with E-state index in [9.17, 15) is 14.4 Å². The zero-order valence-electron chi connectivity index (χ0n) is 13.8. The first-order valence-corrected chi connectivity index (χ1v) is 7.37. The molecule has 23 heavy (non-hydrogen) atoms. The van der Waals surface area contributed by atoms with E-state index in [1.165, 1.54) is 29.2 Å². The van der Waals surface area contributed by atoms with Crippen LogP contribution in [0.3, 0.4) is 0 Å². The molecule has 8 heteroatoms. The first kappa shape index (κ1) is 16.9. The highest BCUT2D eigenvalue weighted by molar-refractivity contribution is 5.96. The Kier molecular flexibility index (Phi) is 4.92. The van der Waals surface area contributed by atoms with Crippen molar-refractivity contribution in [1.82, 2.24) is 24.7 Å². The quantitative estimate of drug-likeness (QED) is 0.736. The molecule has 1 aliphatic heterocycles. The van der Waals surface area contributed by atoms with Gasteiger partial charge in [-0.2, -0.15) is 0 Å². The van der Waals surface area contributed by atoms with Crippen LogP contribution in [0, 0.1) is 6.92 Å². The first-order valence-electron chi connectivity index (χ1n) is 7.37. The Bertz CT molecular complexity index is 631. The normalized spacial score (nSPS) is 17.8. The molecule has 1 saturated heterocycles. The van der Waals surface area contributed by atoms with E-state index in [4.69, 9.17) is 0 Å². The Balaban J connectivity index is 2.23. The van der Waals surface area contributed by atoms with Crippen LogP contribution in [-0.2, 0) is 9.59 Å². The highest BCUT2D eigenvalue weighted by atomic mass is 16.2. The highest BCUT2D eigenvalue weighted by Crippen LogP contribution is 2.16. The maximum absolute atomic E-state index is 12.7. The molecule has 1 atom stereocenters. The summed E-state index contributed by atoms with van der Waals surface area (Å²) in [4.78, 5) is 49.2. The second-order valence-corrected chi connectivity index (χ2v) is 5.73. The van der Waals surface area contributed by atoms with E-state index in [0.29, 0.717) is 24.3 Å². The molecule has 124 valence electrons. The second kappa shape index (κ2) is 6.72. The largest absolute Gasteiger partial charge is 0.347 e. The third-order valence-electron chi connectivity index (χ3n) is 3.94. The molecule has 0 radical (unpaired) electrons. The summed E-state index contributed by atoms with van der Waals surface area (Å²) >= 11 is 0. The molecule has 0 aromatic carbocycles. The molecule has 0 saturated carbocycles. The van der Waals surface area contributed by atoms with Crippen molar-refractivity contribution in [2.75, 3.05) is 33.7 Å². The SMILES string of the molecule is CC(=O)N1CCN(C(=O)c2cncnc2C)CC1C(=O)N(C)C. The minimum absolute atomic E-state index is 0.170. The first-order chi connectivity index (χ1) is 10.8. The minimum Gasteiger partial charge on any atom is -0.347 e. The van der Waals surface area contributed by atoms with Crippen LogP contribution >= 0.6 is 0 Å². The Hall–Kier alpha value is -2.51. The van der Waals surface area contributed by atoms with Crippen LogP contribution in [0.4, 0.5) is 0 Å². The number of amides is 3. The van der Waals surface area contributed by atoms with Crippen molar-refractivity contribution in [3.63, 3.8) is 0 Å². The highest BCUT2D eigenvalue weighted by Gasteiger charge is 2.36. The number of hydrogen-bond donors (Lipinski definition) is 0. The lowest BCUT2D eigenvalue weighted by molar-refractivity contribution is -0.146. The molecule has 1 aromatic heterocycles. The van der Waals surface area contributed by atoms with E-state index >= 15 is 0 Å². The van der Waals surface area contributed by atoms with Crippen LogP contribution in [0.15, 0.2) is 12.5 Å². The molecular formula is C15H21N5O3. The number of carbonyl (C=O) groups is 3. The van der Waals surface area contributed by atoms with E-state index < -0.39 is 6.04 Å². The van der Waals surface area contributed by atoms with Crippen molar-refractivity contribution in [3.8, 4) is 0 Å². The molecule has 3 amide bonds. The Morgan fingerprint density at radius 3 is 2.52 bits per heavy atom. The lowest BCUT2D eigenvalue weighted by Gasteiger charge is -2.41. The number of hydrogen-bond acceptors (Lipinski definition) is 5.